The largest absolute Gasteiger partial charge is 0.368 e. The average molecular weight is 313 g/mol. The summed E-state index contributed by atoms with van der Waals surface area (Å²) in [5, 5.41) is 4.18. The van der Waals surface area contributed by atoms with Gasteiger partial charge in [0.15, 0.2) is 11.9 Å². The number of aldehydes is 1. The Morgan fingerprint density at radius 1 is 1.22 bits per heavy atom. The van der Waals surface area contributed by atoms with Crippen molar-refractivity contribution in [2.75, 3.05) is 31.1 Å². The molecule has 23 heavy (non-hydrogen) atoms. The molecule has 0 aliphatic carbocycles. The van der Waals surface area contributed by atoms with E-state index in [0.29, 0.717) is 11.6 Å². The Morgan fingerprint density at radius 2 is 2.04 bits per heavy atom. The van der Waals surface area contributed by atoms with Gasteiger partial charge in [-0.2, -0.15) is 5.10 Å². The number of pyridine rings is 1. The third kappa shape index (κ3) is 2.72. The molecule has 2 aromatic heterocycles. The highest BCUT2D eigenvalue weighted by Crippen LogP contribution is 2.28. The van der Waals surface area contributed by atoms with Gasteiger partial charge in [-0.15, -0.1) is 0 Å². The Kier molecular flexibility index (Phi) is 3.77. The quantitative estimate of drug-likeness (QED) is 0.810. The summed E-state index contributed by atoms with van der Waals surface area (Å²) in [5.74, 6) is 0.841. The lowest BCUT2D eigenvalue weighted by molar-refractivity contribution is 0.112. The van der Waals surface area contributed by atoms with Crippen LogP contribution >= 0.6 is 0 Å². The summed E-state index contributed by atoms with van der Waals surface area (Å²) in [7, 11) is 0. The number of carbonyl (C=O) groups is 1. The van der Waals surface area contributed by atoms with Crippen molar-refractivity contribution in [3.63, 3.8) is 0 Å². The normalized spacial score (nSPS) is 23.7. The van der Waals surface area contributed by atoms with E-state index in [1.165, 1.54) is 32.4 Å². The van der Waals surface area contributed by atoms with Gasteiger partial charge in [-0.3, -0.25) is 9.69 Å². The third-order valence-corrected chi connectivity index (χ3v) is 5.29. The number of hydrogen-bond donors (Lipinski definition) is 0. The van der Waals surface area contributed by atoms with E-state index in [1.807, 2.05) is 6.07 Å². The van der Waals surface area contributed by atoms with Crippen molar-refractivity contribution in [2.24, 2.45) is 5.92 Å². The van der Waals surface area contributed by atoms with Crippen LogP contribution in [0, 0.1) is 5.92 Å². The van der Waals surface area contributed by atoms with Crippen LogP contribution in [0.4, 0.5) is 5.69 Å². The second-order valence-electron chi connectivity index (χ2n) is 6.91. The van der Waals surface area contributed by atoms with E-state index in [1.54, 1.807) is 17.0 Å². The summed E-state index contributed by atoms with van der Waals surface area (Å²) < 4.78 is 1.70. The van der Waals surface area contributed by atoms with Crippen LogP contribution in [0.15, 0.2) is 18.6 Å². The second-order valence-corrected chi connectivity index (χ2v) is 6.91. The van der Waals surface area contributed by atoms with Crippen LogP contribution in [0.3, 0.4) is 0 Å². The summed E-state index contributed by atoms with van der Waals surface area (Å²) in [4.78, 5) is 20.6. The van der Waals surface area contributed by atoms with Gasteiger partial charge in [0, 0.05) is 37.4 Å². The smallest absolute Gasteiger partial charge is 0.178 e. The van der Waals surface area contributed by atoms with E-state index < -0.39 is 0 Å². The van der Waals surface area contributed by atoms with Crippen LogP contribution in [0.5, 0.6) is 0 Å². The fourth-order valence-corrected chi connectivity index (χ4v) is 4.00. The standard InChI is InChI=1S/C17H23N5O/c1-13-2-5-21(9-13)15-3-6-20(7-4-15)16-8-14(11-23)10-22-17(16)18-12-19-22/h8,10-13,15H,2-7,9H2,1H3. The number of aromatic nitrogens is 3. The first-order valence-electron chi connectivity index (χ1n) is 8.52. The van der Waals surface area contributed by atoms with Crippen LogP contribution in [0.2, 0.25) is 0 Å². The summed E-state index contributed by atoms with van der Waals surface area (Å²) in [5.41, 5.74) is 2.51. The molecule has 4 rings (SSSR count). The highest BCUT2D eigenvalue weighted by molar-refractivity contribution is 5.81. The number of anilines is 1. The molecule has 0 radical (unpaired) electrons. The van der Waals surface area contributed by atoms with Gasteiger partial charge < -0.3 is 4.90 Å². The number of hydrogen-bond acceptors (Lipinski definition) is 5. The molecule has 0 amide bonds. The molecule has 6 heteroatoms. The lowest BCUT2D eigenvalue weighted by atomic mass is 10.0. The number of likely N-dealkylation sites (tertiary alicyclic amines) is 1. The monoisotopic (exact) mass is 313 g/mol. The fourth-order valence-electron chi connectivity index (χ4n) is 4.00. The predicted octanol–water partition coefficient (Wildman–Crippen LogP) is 1.85. The van der Waals surface area contributed by atoms with E-state index in [0.717, 1.165) is 36.6 Å². The van der Waals surface area contributed by atoms with Gasteiger partial charge in [-0.05, 0) is 37.8 Å². The highest BCUT2D eigenvalue weighted by Gasteiger charge is 2.29. The minimum absolute atomic E-state index is 0.647. The van der Waals surface area contributed by atoms with Gasteiger partial charge in [0.05, 0.1) is 5.69 Å². The van der Waals surface area contributed by atoms with Crippen molar-refractivity contribution < 1.29 is 4.79 Å². The maximum Gasteiger partial charge on any atom is 0.178 e. The Morgan fingerprint density at radius 3 is 2.74 bits per heavy atom. The van der Waals surface area contributed by atoms with Crippen LogP contribution in [-0.2, 0) is 0 Å². The maximum atomic E-state index is 11.2. The zero-order chi connectivity index (χ0) is 15.8. The average Bonchev–Trinajstić information content (AvgIpc) is 3.22. The fraction of sp³-hybridized carbons (Fsp3) is 0.588. The lowest BCUT2D eigenvalue weighted by Gasteiger charge is -2.38. The van der Waals surface area contributed by atoms with Gasteiger partial charge in [-0.1, -0.05) is 6.92 Å². The van der Waals surface area contributed by atoms with Crippen molar-refractivity contribution in [1.29, 1.82) is 0 Å². The topological polar surface area (TPSA) is 53.7 Å². The molecule has 0 saturated carbocycles. The minimum Gasteiger partial charge on any atom is -0.368 e. The Hall–Kier alpha value is -1.95. The zero-order valence-electron chi connectivity index (χ0n) is 13.6. The first-order valence-corrected chi connectivity index (χ1v) is 8.52. The summed E-state index contributed by atoms with van der Waals surface area (Å²) in [6, 6.07) is 2.65. The Balaban J connectivity index is 1.52. The number of piperidine rings is 1. The third-order valence-electron chi connectivity index (χ3n) is 5.29. The molecule has 2 aromatic rings. The van der Waals surface area contributed by atoms with E-state index in [-0.39, 0.29) is 0 Å². The molecule has 2 fully saturated rings. The SMILES string of the molecule is CC1CCN(C2CCN(c3cc(C=O)cn4ncnc34)CC2)C1. The van der Waals surface area contributed by atoms with E-state index in [9.17, 15) is 4.79 Å². The number of nitrogens with zero attached hydrogens (tertiary/aromatic N) is 5. The van der Waals surface area contributed by atoms with E-state index >= 15 is 0 Å². The molecule has 2 saturated heterocycles. The van der Waals surface area contributed by atoms with E-state index in [2.05, 4.69) is 26.8 Å². The van der Waals surface area contributed by atoms with Gasteiger partial charge in [-0.25, -0.2) is 9.50 Å². The molecular formula is C17H23N5O. The molecule has 0 spiro atoms. The summed E-state index contributed by atoms with van der Waals surface area (Å²) in [6.07, 6.45) is 7.85. The van der Waals surface area contributed by atoms with Crippen LogP contribution in [0.25, 0.3) is 5.65 Å². The molecule has 0 N–H and O–H groups in total. The van der Waals surface area contributed by atoms with Crippen molar-refractivity contribution in [2.45, 2.75) is 32.2 Å². The summed E-state index contributed by atoms with van der Waals surface area (Å²) >= 11 is 0. The van der Waals surface area contributed by atoms with Crippen LogP contribution in [-0.4, -0.2) is 58.0 Å². The zero-order valence-corrected chi connectivity index (χ0v) is 13.6. The molecule has 2 aliphatic heterocycles. The van der Waals surface area contributed by atoms with Crippen molar-refractivity contribution in [1.82, 2.24) is 19.5 Å². The summed E-state index contributed by atoms with van der Waals surface area (Å²) in [6.45, 7) is 6.88. The molecular weight excluding hydrogens is 290 g/mol. The van der Waals surface area contributed by atoms with Gasteiger partial charge in [0.25, 0.3) is 0 Å². The predicted molar refractivity (Wildman–Crippen MR) is 89.0 cm³/mol. The molecule has 1 atom stereocenters. The van der Waals surface area contributed by atoms with E-state index in [4.69, 9.17) is 0 Å². The minimum atomic E-state index is 0.647. The van der Waals surface area contributed by atoms with Crippen LogP contribution < -0.4 is 4.90 Å². The van der Waals surface area contributed by atoms with Gasteiger partial charge in [0.1, 0.15) is 6.33 Å². The molecule has 0 bridgehead atoms. The Bertz CT molecular complexity index is 704. The lowest BCUT2D eigenvalue weighted by Crippen LogP contribution is -2.44. The number of rotatable bonds is 3. The molecule has 1 unspecified atom stereocenters. The molecule has 6 nitrogen and oxygen atoms in total. The molecule has 2 aliphatic rings. The number of carbonyl (C=O) groups excluding carboxylic acids is 1. The van der Waals surface area contributed by atoms with Crippen molar-refractivity contribution >= 4 is 17.6 Å². The molecule has 122 valence electrons. The first-order chi connectivity index (χ1) is 11.2. The number of fused-ring (bicyclic) bond motifs is 1. The van der Waals surface area contributed by atoms with Gasteiger partial charge in [0.2, 0.25) is 0 Å². The first kappa shape index (κ1) is 14.6. The van der Waals surface area contributed by atoms with Crippen molar-refractivity contribution in [3.05, 3.63) is 24.2 Å². The molecule has 4 heterocycles. The second kappa shape index (κ2) is 5.92. The maximum absolute atomic E-state index is 11.2. The van der Waals surface area contributed by atoms with Gasteiger partial charge >= 0.3 is 0 Å². The Labute approximate surface area is 136 Å². The highest BCUT2D eigenvalue weighted by atomic mass is 16.1. The van der Waals surface area contributed by atoms with Crippen molar-refractivity contribution in [3.8, 4) is 0 Å². The van der Waals surface area contributed by atoms with Crippen LogP contribution in [0.1, 0.15) is 36.5 Å². The molecule has 0 aromatic carbocycles.